The zero-order valence-electron chi connectivity index (χ0n) is 11.2. The van der Waals surface area contributed by atoms with Gasteiger partial charge in [0.2, 0.25) is 5.91 Å². The molecule has 2 heterocycles. The maximum Gasteiger partial charge on any atom is 0.266 e. The van der Waals surface area contributed by atoms with E-state index in [4.69, 9.17) is 17.3 Å². The predicted octanol–water partition coefficient (Wildman–Crippen LogP) is 2.10. The molecule has 1 aliphatic rings. The largest absolute Gasteiger partial charge is 0.397 e. The molecule has 0 bridgehead atoms. The number of nitrogens with zero attached hydrogens (tertiary/aromatic N) is 1. The topological polar surface area (TPSA) is 75.4 Å². The van der Waals surface area contributed by atoms with E-state index in [0.29, 0.717) is 28.7 Å². The Morgan fingerprint density at radius 3 is 3.05 bits per heavy atom. The van der Waals surface area contributed by atoms with Crippen molar-refractivity contribution in [1.29, 1.82) is 0 Å². The Kier molecular flexibility index (Phi) is 3.73. The van der Waals surface area contributed by atoms with Crippen LogP contribution in [0.15, 0.2) is 18.2 Å². The van der Waals surface area contributed by atoms with Crippen LogP contribution in [0.5, 0.6) is 0 Å². The number of nitrogen functional groups attached to an aromatic ring is 1. The lowest BCUT2D eigenvalue weighted by molar-refractivity contribution is -0.121. The van der Waals surface area contributed by atoms with Crippen LogP contribution in [-0.4, -0.2) is 36.3 Å². The summed E-state index contributed by atoms with van der Waals surface area (Å²) in [4.78, 5) is 26.2. The van der Waals surface area contributed by atoms with Crippen molar-refractivity contribution in [2.75, 3.05) is 25.4 Å². The number of nitrogens with two attached hydrogens (primary N) is 1. The number of hydrogen-bond acceptors (Lipinski definition) is 4. The van der Waals surface area contributed by atoms with Crippen molar-refractivity contribution >= 4 is 50.5 Å². The SMILES string of the molecule is Nc1c(C(=O)N2CCCNC(=O)C2)sc2ccc(Cl)cc12. The number of carbonyl (C=O) groups is 2. The summed E-state index contributed by atoms with van der Waals surface area (Å²) >= 11 is 7.31. The fraction of sp³-hybridized carbons (Fsp3) is 0.286. The van der Waals surface area contributed by atoms with Gasteiger partial charge in [0.05, 0.1) is 12.2 Å². The Balaban J connectivity index is 1.97. The number of benzene rings is 1. The maximum absolute atomic E-state index is 12.6. The van der Waals surface area contributed by atoms with E-state index in [2.05, 4.69) is 5.32 Å². The fourth-order valence-electron chi connectivity index (χ4n) is 2.37. The van der Waals surface area contributed by atoms with Crippen LogP contribution in [0.4, 0.5) is 5.69 Å². The molecule has 0 saturated carbocycles. The molecule has 3 N–H and O–H groups in total. The number of thiophene rings is 1. The van der Waals surface area contributed by atoms with E-state index in [0.717, 1.165) is 16.5 Å². The van der Waals surface area contributed by atoms with Crippen molar-refractivity contribution in [3.63, 3.8) is 0 Å². The van der Waals surface area contributed by atoms with Crippen LogP contribution in [0.2, 0.25) is 5.02 Å². The van der Waals surface area contributed by atoms with Gasteiger partial charge in [0.15, 0.2) is 0 Å². The van der Waals surface area contributed by atoms with E-state index in [9.17, 15) is 9.59 Å². The van der Waals surface area contributed by atoms with Gasteiger partial charge in [-0.2, -0.15) is 0 Å². The average molecular weight is 324 g/mol. The van der Waals surface area contributed by atoms with Crippen LogP contribution < -0.4 is 11.1 Å². The molecule has 3 rings (SSSR count). The molecule has 2 aromatic rings. The van der Waals surface area contributed by atoms with E-state index in [-0.39, 0.29) is 18.4 Å². The highest BCUT2D eigenvalue weighted by Gasteiger charge is 2.25. The molecule has 0 unspecified atom stereocenters. The van der Waals surface area contributed by atoms with Gasteiger partial charge in [-0.3, -0.25) is 9.59 Å². The molecule has 0 aliphatic carbocycles. The van der Waals surface area contributed by atoms with Crippen LogP contribution >= 0.6 is 22.9 Å². The summed E-state index contributed by atoms with van der Waals surface area (Å²) in [6, 6.07) is 5.38. The van der Waals surface area contributed by atoms with Gasteiger partial charge in [-0.25, -0.2) is 0 Å². The Morgan fingerprint density at radius 2 is 2.24 bits per heavy atom. The van der Waals surface area contributed by atoms with Crippen LogP contribution in [0.25, 0.3) is 10.1 Å². The van der Waals surface area contributed by atoms with E-state index >= 15 is 0 Å². The first kappa shape index (κ1) is 14.2. The number of amides is 2. The van der Waals surface area contributed by atoms with Crippen LogP contribution in [0, 0.1) is 0 Å². The van der Waals surface area contributed by atoms with Gasteiger partial charge in [0.25, 0.3) is 5.91 Å². The molecule has 1 aromatic heterocycles. The molecular formula is C14H14ClN3O2S. The monoisotopic (exact) mass is 323 g/mol. The van der Waals surface area contributed by atoms with Crippen molar-refractivity contribution < 1.29 is 9.59 Å². The van der Waals surface area contributed by atoms with Crippen LogP contribution in [0.1, 0.15) is 16.1 Å². The highest BCUT2D eigenvalue weighted by atomic mass is 35.5. The number of halogens is 1. The second-order valence-electron chi connectivity index (χ2n) is 4.92. The van der Waals surface area contributed by atoms with Gasteiger partial charge in [-0.05, 0) is 24.6 Å². The smallest absolute Gasteiger partial charge is 0.266 e. The van der Waals surface area contributed by atoms with Gasteiger partial charge in [0, 0.05) is 28.2 Å². The fourth-order valence-corrected chi connectivity index (χ4v) is 3.61. The Hall–Kier alpha value is -1.79. The molecular weight excluding hydrogens is 310 g/mol. The molecule has 1 aromatic carbocycles. The summed E-state index contributed by atoms with van der Waals surface area (Å²) in [5.74, 6) is -0.328. The molecule has 0 atom stereocenters. The zero-order valence-corrected chi connectivity index (χ0v) is 12.8. The molecule has 2 amide bonds. The third kappa shape index (κ3) is 2.69. The molecule has 1 aliphatic heterocycles. The van der Waals surface area contributed by atoms with E-state index in [1.54, 1.807) is 17.0 Å². The summed E-state index contributed by atoms with van der Waals surface area (Å²) in [7, 11) is 0. The molecule has 21 heavy (non-hydrogen) atoms. The number of anilines is 1. The number of carbonyl (C=O) groups excluding carboxylic acids is 2. The third-order valence-corrected chi connectivity index (χ3v) is 4.84. The first-order valence-electron chi connectivity index (χ1n) is 6.60. The van der Waals surface area contributed by atoms with Crippen LogP contribution in [-0.2, 0) is 4.79 Å². The lowest BCUT2D eigenvalue weighted by Gasteiger charge is -2.18. The first-order chi connectivity index (χ1) is 10.1. The Bertz CT molecular complexity index is 728. The van der Waals surface area contributed by atoms with Crippen molar-refractivity contribution in [3.05, 3.63) is 28.1 Å². The Labute approximate surface area is 130 Å². The molecule has 0 radical (unpaired) electrons. The van der Waals surface area contributed by atoms with Crippen molar-refractivity contribution in [1.82, 2.24) is 10.2 Å². The molecule has 0 spiro atoms. The summed E-state index contributed by atoms with van der Waals surface area (Å²) in [6.45, 7) is 1.22. The number of rotatable bonds is 1. The van der Waals surface area contributed by atoms with E-state index in [1.807, 2.05) is 6.07 Å². The minimum atomic E-state index is -0.193. The molecule has 5 nitrogen and oxygen atoms in total. The number of hydrogen-bond donors (Lipinski definition) is 2. The van der Waals surface area contributed by atoms with Gasteiger partial charge in [-0.1, -0.05) is 11.6 Å². The molecule has 1 saturated heterocycles. The van der Waals surface area contributed by atoms with E-state index < -0.39 is 0 Å². The lowest BCUT2D eigenvalue weighted by Crippen LogP contribution is -2.37. The summed E-state index contributed by atoms with van der Waals surface area (Å²) in [5.41, 5.74) is 6.53. The lowest BCUT2D eigenvalue weighted by atomic mass is 10.2. The van der Waals surface area contributed by atoms with Crippen molar-refractivity contribution in [2.45, 2.75) is 6.42 Å². The minimum absolute atomic E-state index is 0.0767. The van der Waals surface area contributed by atoms with Gasteiger partial charge < -0.3 is 16.0 Å². The number of fused-ring (bicyclic) bond motifs is 1. The average Bonchev–Trinajstić information content (AvgIpc) is 2.64. The second-order valence-corrected chi connectivity index (χ2v) is 6.40. The van der Waals surface area contributed by atoms with Gasteiger partial charge in [-0.15, -0.1) is 11.3 Å². The highest BCUT2D eigenvalue weighted by Crippen LogP contribution is 2.36. The summed E-state index contributed by atoms with van der Waals surface area (Å²) in [5, 5.41) is 4.12. The number of nitrogens with one attached hydrogen (secondary N) is 1. The quantitative estimate of drug-likeness (QED) is 0.844. The predicted molar refractivity (Wildman–Crippen MR) is 84.8 cm³/mol. The standard InChI is InChI=1S/C14H14ClN3O2S/c15-8-2-3-10-9(6-8)12(16)13(21-10)14(20)18-5-1-4-17-11(19)7-18/h2-3,6H,1,4-5,7,16H2,(H,17,19). The van der Waals surface area contributed by atoms with Crippen LogP contribution in [0.3, 0.4) is 0 Å². The van der Waals surface area contributed by atoms with Crippen molar-refractivity contribution in [2.24, 2.45) is 0 Å². The third-order valence-electron chi connectivity index (χ3n) is 3.43. The molecule has 7 heteroatoms. The molecule has 1 fully saturated rings. The second kappa shape index (κ2) is 5.54. The van der Waals surface area contributed by atoms with Gasteiger partial charge >= 0.3 is 0 Å². The molecule has 110 valence electrons. The van der Waals surface area contributed by atoms with Gasteiger partial charge in [0.1, 0.15) is 4.88 Å². The minimum Gasteiger partial charge on any atom is -0.397 e. The first-order valence-corrected chi connectivity index (χ1v) is 7.79. The Morgan fingerprint density at radius 1 is 1.43 bits per heavy atom. The summed E-state index contributed by atoms with van der Waals surface area (Å²) < 4.78 is 0.916. The zero-order chi connectivity index (χ0) is 15.0. The van der Waals surface area contributed by atoms with E-state index in [1.165, 1.54) is 11.3 Å². The summed E-state index contributed by atoms with van der Waals surface area (Å²) in [6.07, 6.45) is 0.744. The normalized spacial score (nSPS) is 15.9. The highest BCUT2D eigenvalue weighted by molar-refractivity contribution is 7.21. The van der Waals surface area contributed by atoms with Crippen molar-refractivity contribution in [3.8, 4) is 0 Å². The maximum atomic E-state index is 12.6.